The first-order chi connectivity index (χ1) is 14.5. The highest BCUT2D eigenvalue weighted by Crippen LogP contribution is 2.27. The van der Waals surface area contributed by atoms with E-state index in [-0.39, 0.29) is 17.4 Å². The Morgan fingerprint density at radius 1 is 1.13 bits per heavy atom. The predicted octanol–water partition coefficient (Wildman–Crippen LogP) is 4.98. The third-order valence-corrected chi connectivity index (χ3v) is 5.63. The quantitative estimate of drug-likeness (QED) is 0.340. The van der Waals surface area contributed by atoms with E-state index in [0.29, 0.717) is 21.3 Å². The lowest BCUT2D eigenvalue weighted by Gasteiger charge is -2.06. The molecule has 4 rings (SSSR count). The van der Waals surface area contributed by atoms with Crippen LogP contribution in [0.5, 0.6) is 0 Å². The maximum atomic E-state index is 12.4. The number of aromatic nitrogens is 3. The molecular weight excluding hydrogens is 420 g/mol. The van der Waals surface area contributed by atoms with Crippen molar-refractivity contribution in [2.24, 2.45) is 0 Å². The molecule has 2 heterocycles. The fraction of sp³-hybridized carbons (Fsp3) is 0.0909. The normalized spacial score (nSPS) is 10.9. The van der Waals surface area contributed by atoms with E-state index < -0.39 is 0 Å². The molecule has 30 heavy (non-hydrogen) atoms. The van der Waals surface area contributed by atoms with Crippen LogP contribution < -0.4 is 5.32 Å². The number of hydrogen-bond acceptors (Lipinski definition) is 5. The van der Waals surface area contributed by atoms with Crippen LogP contribution in [0.15, 0.2) is 72.0 Å². The minimum Gasteiger partial charge on any atom is -0.325 e. The second-order valence-corrected chi connectivity index (χ2v) is 7.97. The van der Waals surface area contributed by atoms with Gasteiger partial charge >= 0.3 is 0 Å². The van der Waals surface area contributed by atoms with Crippen molar-refractivity contribution < 1.29 is 9.59 Å². The number of halogens is 1. The van der Waals surface area contributed by atoms with Crippen molar-refractivity contribution in [3.63, 3.8) is 0 Å². The molecule has 4 aromatic rings. The zero-order valence-corrected chi connectivity index (χ0v) is 17.6. The van der Waals surface area contributed by atoms with Crippen molar-refractivity contribution in [1.29, 1.82) is 0 Å². The van der Waals surface area contributed by atoms with Gasteiger partial charge < -0.3 is 5.32 Å². The topological polar surface area (TPSA) is 76.4 Å². The predicted molar refractivity (Wildman–Crippen MR) is 119 cm³/mol. The third-order valence-electron chi connectivity index (χ3n) is 4.39. The number of Topliss-reactive ketones (excluding diaryl/α,β-unsaturated/α-hetero) is 1. The summed E-state index contributed by atoms with van der Waals surface area (Å²) in [6.07, 6.45) is 3.42. The summed E-state index contributed by atoms with van der Waals surface area (Å²) in [5, 5.41) is 8.77. The fourth-order valence-electron chi connectivity index (χ4n) is 2.92. The lowest BCUT2D eigenvalue weighted by atomic mass is 10.1. The molecule has 0 saturated heterocycles. The number of nitrogens with zero attached hydrogens (tertiary/aromatic N) is 3. The molecule has 8 heteroatoms. The summed E-state index contributed by atoms with van der Waals surface area (Å²) in [5.74, 6) is -0.0474. The highest BCUT2D eigenvalue weighted by atomic mass is 35.5. The van der Waals surface area contributed by atoms with E-state index >= 15 is 0 Å². The Morgan fingerprint density at radius 3 is 2.70 bits per heavy atom. The number of rotatable bonds is 6. The van der Waals surface area contributed by atoms with E-state index in [1.165, 1.54) is 18.7 Å². The lowest BCUT2D eigenvalue weighted by Crippen LogP contribution is -2.14. The maximum absolute atomic E-state index is 12.4. The van der Waals surface area contributed by atoms with Crippen LogP contribution in [0.4, 0.5) is 5.69 Å². The minimum absolute atomic E-state index is 0.0476. The average Bonchev–Trinajstić information content (AvgIpc) is 3.18. The van der Waals surface area contributed by atoms with Crippen LogP contribution in [0.25, 0.3) is 16.8 Å². The lowest BCUT2D eigenvalue weighted by molar-refractivity contribution is -0.113. The van der Waals surface area contributed by atoms with Crippen LogP contribution in [0.2, 0.25) is 5.02 Å². The number of carbonyl (C=O) groups is 2. The smallest absolute Gasteiger partial charge is 0.234 e. The number of nitrogens with one attached hydrogen (secondary N) is 1. The highest BCUT2D eigenvalue weighted by Gasteiger charge is 2.12. The Labute approximate surface area is 182 Å². The Hall–Kier alpha value is -3.16. The van der Waals surface area contributed by atoms with Gasteiger partial charge in [0.05, 0.1) is 17.0 Å². The van der Waals surface area contributed by atoms with Gasteiger partial charge in [0.25, 0.3) is 0 Å². The van der Waals surface area contributed by atoms with Crippen molar-refractivity contribution in [2.45, 2.75) is 11.9 Å². The summed E-state index contributed by atoms with van der Waals surface area (Å²) in [6, 6.07) is 16.3. The van der Waals surface area contributed by atoms with Crippen molar-refractivity contribution in [1.82, 2.24) is 14.6 Å². The van der Waals surface area contributed by atoms with Crippen molar-refractivity contribution in [2.75, 3.05) is 11.1 Å². The molecule has 0 atom stereocenters. The number of thioether (sulfide) groups is 1. The molecule has 0 aliphatic carbocycles. The Balaban J connectivity index is 1.48. The van der Waals surface area contributed by atoms with Crippen LogP contribution in [-0.2, 0) is 4.79 Å². The zero-order valence-electron chi connectivity index (χ0n) is 16.0. The molecule has 0 aliphatic rings. The summed E-state index contributed by atoms with van der Waals surface area (Å²) in [6.45, 7) is 1.49. The van der Waals surface area contributed by atoms with Crippen molar-refractivity contribution >= 4 is 46.3 Å². The second-order valence-electron chi connectivity index (χ2n) is 6.57. The largest absolute Gasteiger partial charge is 0.325 e. The summed E-state index contributed by atoms with van der Waals surface area (Å²) in [4.78, 5) is 28.3. The number of carbonyl (C=O) groups excluding carboxylic acids is 2. The van der Waals surface area contributed by atoms with Gasteiger partial charge in [-0.2, -0.15) is 5.10 Å². The second kappa shape index (κ2) is 8.69. The molecule has 150 valence electrons. The van der Waals surface area contributed by atoms with Crippen LogP contribution in [0.1, 0.15) is 17.3 Å². The summed E-state index contributed by atoms with van der Waals surface area (Å²) < 4.78 is 1.74. The van der Waals surface area contributed by atoms with E-state index in [9.17, 15) is 9.59 Å². The number of benzene rings is 2. The van der Waals surface area contributed by atoms with Gasteiger partial charge in [0.15, 0.2) is 5.78 Å². The number of ketones is 1. The van der Waals surface area contributed by atoms with Crippen molar-refractivity contribution in [3.8, 4) is 11.3 Å². The molecule has 6 nitrogen and oxygen atoms in total. The first-order valence-electron chi connectivity index (χ1n) is 9.13. The van der Waals surface area contributed by atoms with Crippen LogP contribution >= 0.6 is 23.4 Å². The monoisotopic (exact) mass is 436 g/mol. The number of hydrogen-bond donors (Lipinski definition) is 1. The maximum Gasteiger partial charge on any atom is 0.234 e. The molecule has 0 saturated carbocycles. The number of fused-ring (bicyclic) bond motifs is 1. The SMILES string of the molecule is CC(=O)c1cccc(NC(=O)CSc2nccn3nc(-c4ccc(Cl)cc4)cc23)c1. The summed E-state index contributed by atoms with van der Waals surface area (Å²) >= 11 is 7.29. The first-order valence-corrected chi connectivity index (χ1v) is 10.5. The van der Waals surface area contributed by atoms with Gasteiger partial charge in [0.2, 0.25) is 5.91 Å². The van der Waals surface area contributed by atoms with Crippen molar-refractivity contribution in [3.05, 3.63) is 77.6 Å². The van der Waals surface area contributed by atoms with E-state index in [1.807, 2.05) is 30.3 Å². The minimum atomic E-state index is -0.179. The van der Waals surface area contributed by atoms with E-state index in [0.717, 1.165) is 16.8 Å². The Bertz CT molecular complexity index is 1240. The molecule has 1 amide bonds. The van der Waals surface area contributed by atoms with Crippen LogP contribution in [-0.4, -0.2) is 32.0 Å². The molecule has 0 radical (unpaired) electrons. The first kappa shape index (κ1) is 20.1. The Morgan fingerprint density at radius 2 is 1.93 bits per heavy atom. The fourth-order valence-corrected chi connectivity index (χ4v) is 3.82. The molecule has 1 N–H and O–H groups in total. The molecule has 0 fully saturated rings. The van der Waals surface area contributed by atoms with Gasteiger partial charge in [-0.15, -0.1) is 0 Å². The van der Waals surface area contributed by atoms with Gasteiger partial charge in [0.1, 0.15) is 5.03 Å². The molecule has 0 bridgehead atoms. The zero-order chi connectivity index (χ0) is 21.1. The molecule has 2 aromatic heterocycles. The standard InChI is InChI=1S/C22H17ClN4O2S/c1-14(28)16-3-2-4-18(11-16)25-21(29)13-30-22-20-12-19(26-27(20)10-9-24-22)15-5-7-17(23)8-6-15/h2-12H,13H2,1H3,(H,25,29). The summed E-state index contributed by atoms with van der Waals surface area (Å²) in [7, 11) is 0. The van der Waals surface area contributed by atoms with Gasteiger partial charge in [-0.25, -0.2) is 9.50 Å². The van der Waals surface area contributed by atoms with Gasteiger partial charge in [-0.1, -0.05) is 47.6 Å². The average molecular weight is 437 g/mol. The van der Waals surface area contributed by atoms with Gasteiger partial charge in [0, 0.05) is 34.2 Å². The van der Waals surface area contributed by atoms with Crippen LogP contribution in [0.3, 0.4) is 0 Å². The number of amides is 1. The molecule has 2 aromatic carbocycles. The van der Waals surface area contributed by atoms with E-state index in [4.69, 9.17) is 11.6 Å². The van der Waals surface area contributed by atoms with E-state index in [1.54, 1.807) is 41.2 Å². The van der Waals surface area contributed by atoms with Crippen LogP contribution in [0, 0.1) is 0 Å². The Kier molecular flexibility index (Phi) is 5.83. The third kappa shape index (κ3) is 4.53. The molecule has 0 aliphatic heterocycles. The highest BCUT2D eigenvalue weighted by molar-refractivity contribution is 8.00. The molecule has 0 spiro atoms. The van der Waals surface area contributed by atoms with E-state index in [2.05, 4.69) is 15.4 Å². The summed E-state index contributed by atoms with van der Waals surface area (Å²) in [5.41, 5.74) is 3.71. The molecular formula is C22H17ClN4O2S. The molecule has 0 unspecified atom stereocenters. The van der Waals surface area contributed by atoms with Gasteiger partial charge in [-0.05, 0) is 37.3 Å². The number of anilines is 1. The van der Waals surface area contributed by atoms with Gasteiger partial charge in [-0.3, -0.25) is 9.59 Å².